The highest BCUT2D eigenvalue weighted by Crippen LogP contribution is 2.34. The van der Waals surface area contributed by atoms with Crippen LogP contribution in [0.1, 0.15) is 11.1 Å². The Labute approximate surface area is 117 Å². The van der Waals surface area contributed by atoms with Gasteiger partial charge in [-0.1, -0.05) is 41.9 Å². The van der Waals surface area contributed by atoms with Crippen LogP contribution in [0, 0.1) is 6.92 Å². The monoisotopic (exact) mass is 278 g/mol. The van der Waals surface area contributed by atoms with E-state index in [1.165, 1.54) is 5.56 Å². The van der Waals surface area contributed by atoms with Gasteiger partial charge in [-0.2, -0.15) is 0 Å². The molecule has 1 nitrogen and oxygen atoms in total. The summed E-state index contributed by atoms with van der Waals surface area (Å²) in [4.78, 5) is 1.08. The van der Waals surface area contributed by atoms with Gasteiger partial charge < -0.3 is 4.74 Å². The van der Waals surface area contributed by atoms with E-state index >= 15 is 0 Å². The zero-order valence-electron chi connectivity index (χ0n) is 10.4. The van der Waals surface area contributed by atoms with Crippen LogP contribution >= 0.6 is 23.4 Å². The van der Waals surface area contributed by atoms with Gasteiger partial charge in [0.1, 0.15) is 12.4 Å². The molecule has 0 heterocycles. The van der Waals surface area contributed by atoms with Crippen LogP contribution in [0.5, 0.6) is 5.75 Å². The number of aryl methyl sites for hydroxylation is 1. The van der Waals surface area contributed by atoms with Gasteiger partial charge in [0.2, 0.25) is 0 Å². The van der Waals surface area contributed by atoms with Crippen molar-refractivity contribution in [3.8, 4) is 5.75 Å². The van der Waals surface area contributed by atoms with Gasteiger partial charge in [0.25, 0.3) is 0 Å². The van der Waals surface area contributed by atoms with E-state index < -0.39 is 0 Å². The molecule has 0 saturated heterocycles. The molecule has 0 saturated carbocycles. The van der Waals surface area contributed by atoms with Gasteiger partial charge >= 0.3 is 0 Å². The number of halogens is 1. The summed E-state index contributed by atoms with van der Waals surface area (Å²) in [5, 5.41) is 0.754. The normalized spacial score (nSPS) is 10.4. The second-order valence-electron chi connectivity index (χ2n) is 4.03. The number of ether oxygens (including phenoxy) is 1. The number of benzene rings is 2. The van der Waals surface area contributed by atoms with E-state index in [0.29, 0.717) is 6.61 Å². The summed E-state index contributed by atoms with van der Waals surface area (Å²) in [6.07, 6.45) is 2.03. The molecule has 0 atom stereocenters. The summed E-state index contributed by atoms with van der Waals surface area (Å²) in [5.41, 5.74) is 2.24. The minimum absolute atomic E-state index is 0.580. The fourth-order valence-corrected chi connectivity index (χ4v) is 2.75. The smallest absolute Gasteiger partial charge is 0.136 e. The molecular formula is C15H15ClOS. The summed E-state index contributed by atoms with van der Waals surface area (Å²) in [6.45, 7) is 2.60. The Morgan fingerprint density at radius 3 is 2.56 bits per heavy atom. The minimum atomic E-state index is 0.580. The van der Waals surface area contributed by atoms with Gasteiger partial charge in [-0.3, -0.25) is 0 Å². The Balaban J connectivity index is 2.19. The fraction of sp³-hybridized carbons (Fsp3) is 0.200. The molecular weight excluding hydrogens is 264 g/mol. The molecule has 94 valence electrons. The molecule has 2 aromatic rings. The van der Waals surface area contributed by atoms with Gasteiger partial charge in [-0.25, -0.2) is 0 Å². The van der Waals surface area contributed by atoms with Crippen molar-refractivity contribution < 1.29 is 4.74 Å². The third-order valence-corrected chi connectivity index (χ3v) is 3.61. The van der Waals surface area contributed by atoms with Crippen molar-refractivity contribution in [2.24, 2.45) is 0 Å². The second kappa shape index (κ2) is 6.17. The van der Waals surface area contributed by atoms with Crippen molar-refractivity contribution in [2.75, 3.05) is 6.26 Å². The molecule has 0 fully saturated rings. The molecule has 0 radical (unpaired) electrons. The third-order valence-electron chi connectivity index (χ3n) is 2.65. The topological polar surface area (TPSA) is 9.23 Å². The SMILES string of the molecule is CSc1cc(Cl)cc(C)c1OCc1ccccc1. The van der Waals surface area contributed by atoms with E-state index in [0.717, 1.165) is 21.2 Å². The molecule has 0 aliphatic heterocycles. The molecule has 0 bridgehead atoms. The average Bonchev–Trinajstić information content (AvgIpc) is 2.38. The predicted octanol–water partition coefficient (Wildman–Crippen LogP) is 4.95. The average molecular weight is 279 g/mol. The van der Waals surface area contributed by atoms with E-state index in [-0.39, 0.29) is 0 Å². The first-order valence-corrected chi connectivity index (χ1v) is 7.32. The fourth-order valence-electron chi connectivity index (χ4n) is 1.77. The molecule has 0 amide bonds. The molecule has 0 unspecified atom stereocenters. The van der Waals surface area contributed by atoms with Crippen LogP contribution in [0.25, 0.3) is 0 Å². The third kappa shape index (κ3) is 3.21. The lowest BCUT2D eigenvalue weighted by molar-refractivity contribution is 0.297. The molecule has 0 aliphatic carbocycles. The summed E-state index contributed by atoms with van der Waals surface area (Å²) < 4.78 is 5.92. The molecule has 18 heavy (non-hydrogen) atoms. The van der Waals surface area contributed by atoms with Gasteiger partial charge in [-0.15, -0.1) is 11.8 Å². The Hall–Kier alpha value is -1.12. The molecule has 0 aromatic heterocycles. The van der Waals surface area contributed by atoms with Gasteiger partial charge in [0, 0.05) is 5.02 Å². The largest absolute Gasteiger partial charge is 0.487 e. The quantitative estimate of drug-likeness (QED) is 0.732. The maximum absolute atomic E-state index is 6.05. The molecule has 3 heteroatoms. The van der Waals surface area contributed by atoms with Crippen LogP contribution in [-0.4, -0.2) is 6.26 Å². The second-order valence-corrected chi connectivity index (χ2v) is 5.31. The Kier molecular flexibility index (Phi) is 4.56. The van der Waals surface area contributed by atoms with Crippen LogP contribution in [0.3, 0.4) is 0 Å². The van der Waals surface area contributed by atoms with Gasteiger partial charge in [0.15, 0.2) is 0 Å². The van der Waals surface area contributed by atoms with Crippen molar-refractivity contribution in [2.45, 2.75) is 18.4 Å². The molecule has 0 N–H and O–H groups in total. The molecule has 0 aliphatic rings. The molecule has 2 aromatic carbocycles. The van der Waals surface area contributed by atoms with Crippen molar-refractivity contribution >= 4 is 23.4 Å². The van der Waals surface area contributed by atoms with Crippen molar-refractivity contribution in [1.82, 2.24) is 0 Å². The van der Waals surface area contributed by atoms with E-state index in [9.17, 15) is 0 Å². The lowest BCUT2D eigenvalue weighted by Crippen LogP contribution is -1.98. The van der Waals surface area contributed by atoms with Crippen LogP contribution in [-0.2, 0) is 6.61 Å². The minimum Gasteiger partial charge on any atom is -0.487 e. The van der Waals surface area contributed by atoms with Crippen LogP contribution in [0.15, 0.2) is 47.4 Å². The van der Waals surface area contributed by atoms with E-state index in [4.69, 9.17) is 16.3 Å². The summed E-state index contributed by atoms with van der Waals surface area (Å²) in [6, 6.07) is 14.0. The molecule has 0 spiro atoms. The van der Waals surface area contributed by atoms with Crippen LogP contribution in [0.4, 0.5) is 0 Å². The lowest BCUT2D eigenvalue weighted by Gasteiger charge is -2.13. The first-order valence-electron chi connectivity index (χ1n) is 5.71. The Morgan fingerprint density at radius 2 is 1.89 bits per heavy atom. The number of hydrogen-bond donors (Lipinski definition) is 0. The predicted molar refractivity (Wildman–Crippen MR) is 78.7 cm³/mol. The maximum Gasteiger partial charge on any atom is 0.136 e. The summed E-state index contributed by atoms with van der Waals surface area (Å²) >= 11 is 7.70. The van der Waals surface area contributed by atoms with Gasteiger partial charge in [-0.05, 0) is 36.4 Å². The first kappa shape index (κ1) is 13.3. The highest BCUT2D eigenvalue weighted by Gasteiger charge is 2.08. The highest BCUT2D eigenvalue weighted by molar-refractivity contribution is 7.98. The van der Waals surface area contributed by atoms with Crippen LogP contribution in [0.2, 0.25) is 5.02 Å². The number of hydrogen-bond acceptors (Lipinski definition) is 2. The molecule has 2 rings (SSSR count). The zero-order valence-corrected chi connectivity index (χ0v) is 12.0. The van der Waals surface area contributed by atoms with E-state index in [1.54, 1.807) is 11.8 Å². The Bertz CT molecular complexity index is 526. The number of rotatable bonds is 4. The summed E-state index contributed by atoms with van der Waals surface area (Å²) in [7, 11) is 0. The van der Waals surface area contributed by atoms with Crippen LogP contribution < -0.4 is 4.74 Å². The number of thioether (sulfide) groups is 1. The van der Waals surface area contributed by atoms with E-state index in [1.807, 2.05) is 43.5 Å². The zero-order chi connectivity index (χ0) is 13.0. The van der Waals surface area contributed by atoms with Gasteiger partial charge in [0.05, 0.1) is 4.90 Å². The van der Waals surface area contributed by atoms with Crippen molar-refractivity contribution in [3.63, 3.8) is 0 Å². The first-order chi connectivity index (χ1) is 8.70. The summed E-state index contributed by atoms with van der Waals surface area (Å²) in [5.74, 6) is 0.927. The Morgan fingerprint density at radius 1 is 1.17 bits per heavy atom. The standard InChI is InChI=1S/C15H15ClOS/c1-11-8-13(16)9-14(18-2)15(11)17-10-12-6-4-3-5-7-12/h3-9H,10H2,1-2H3. The lowest BCUT2D eigenvalue weighted by atomic mass is 10.2. The highest BCUT2D eigenvalue weighted by atomic mass is 35.5. The van der Waals surface area contributed by atoms with Crippen molar-refractivity contribution in [3.05, 3.63) is 58.6 Å². The maximum atomic E-state index is 6.05. The van der Waals surface area contributed by atoms with Crippen molar-refractivity contribution in [1.29, 1.82) is 0 Å². The van der Waals surface area contributed by atoms with E-state index in [2.05, 4.69) is 12.1 Å².